The molecule has 1 aliphatic heterocycles. The summed E-state index contributed by atoms with van der Waals surface area (Å²) in [6, 6.07) is 0. The summed E-state index contributed by atoms with van der Waals surface area (Å²) in [5.74, 6) is 0. The lowest BCUT2D eigenvalue weighted by molar-refractivity contribution is 0.605. The predicted molar refractivity (Wildman–Crippen MR) is 56.4 cm³/mol. The third-order valence-electron chi connectivity index (χ3n) is 1.26. The van der Waals surface area contributed by atoms with E-state index in [-0.39, 0.29) is 4.91 Å². The number of halogens is 1. The summed E-state index contributed by atoms with van der Waals surface area (Å²) in [6.07, 6.45) is 3.57. The fourth-order valence-electron chi connectivity index (χ4n) is 0.743. The normalized spacial score (nSPS) is 20.8. The summed E-state index contributed by atoms with van der Waals surface area (Å²) in [4.78, 5) is 0.0897. The van der Waals surface area contributed by atoms with Gasteiger partial charge in [-0.15, -0.1) is 0 Å². The molecule has 1 heterocycles. The van der Waals surface area contributed by atoms with E-state index in [1.165, 1.54) is 12.3 Å². The summed E-state index contributed by atoms with van der Waals surface area (Å²) in [5.41, 5.74) is 0.322. The number of nitrogens with one attached hydrogen (secondary N) is 1. The molecule has 1 aliphatic rings. The van der Waals surface area contributed by atoms with Crippen molar-refractivity contribution in [3.05, 3.63) is 20.6 Å². The highest BCUT2D eigenvalue weighted by Gasteiger charge is 2.21. The number of allylic oxidation sites excluding steroid dienone is 2. The highest BCUT2D eigenvalue weighted by Crippen LogP contribution is 2.20. The number of nitrogens with zero attached hydrogens (tertiary/aromatic N) is 1. The van der Waals surface area contributed by atoms with Crippen molar-refractivity contribution < 1.29 is 8.42 Å². The third kappa shape index (κ3) is 1.63. The fraction of sp³-hybridized carbons (Fsp3) is 0. The molecule has 0 unspecified atom stereocenters. The van der Waals surface area contributed by atoms with E-state index in [1.807, 2.05) is 22.6 Å². The van der Waals surface area contributed by atoms with Gasteiger partial charge in [-0.25, -0.2) is 0 Å². The molecule has 64 valence electrons. The highest BCUT2D eigenvalue weighted by atomic mass is 127. The number of rotatable bonds is 2. The summed E-state index contributed by atoms with van der Waals surface area (Å²) >= 11 is 1.91. The first-order valence-electron chi connectivity index (χ1n) is 2.93. The molecule has 0 atom stereocenters. The Bertz CT molecular complexity index is 392. The molecule has 0 bridgehead atoms. The Labute approximate surface area is 83.8 Å². The molecule has 4 nitrogen and oxygen atoms in total. The molecule has 1 rings (SSSR count). The minimum atomic E-state index is -3.50. The second-order valence-corrected chi connectivity index (χ2v) is 4.29. The molecule has 0 amide bonds. The van der Waals surface area contributed by atoms with Gasteiger partial charge in [-0.2, -0.15) is 12.8 Å². The van der Waals surface area contributed by atoms with Crippen LogP contribution in [0.1, 0.15) is 0 Å². The van der Waals surface area contributed by atoms with Crippen LogP contribution in [0.3, 0.4) is 0 Å². The fourth-order valence-corrected chi connectivity index (χ4v) is 2.36. The Morgan fingerprint density at radius 2 is 2.25 bits per heavy atom. The number of hydrogen-bond acceptors (Lipinski definition) is 3. The van der Waals surface area contributed by atoms with E-state index in [0.717, 1.165) is 6.21 Å². The van der Waals surface area contributed by atoms with Gasteiger partial charge in [0, 0.05) is 11.8 Å². The Kier molecular flexibility index (Phi) is 2.78. The van der Waals surface area contributed by atoms with Crippen LogP contribution in [-0.4, -0.2) is 20.8 Å². The van der Waals surface area contributed by atoms with Gasteiger partial charge in [-0.3, -0.25) is 0 Å². The molecule has 1 N–H and O–H groups in total. The van der Waals surface area contributed by atoms with Gasteiger partial charge in [0.2, 0.25) is 0 Å². The number of sulfonamides is 1. The second kappa shape index (κ2) is 3.48. The Balaban J connectivity index is 3.32. The maximum absolute atomic E-state index is 11.1. The minimum Gasteiger partial charge on any atom is -0.308 e. The average molecular weight is 296 g/mol. The van der Waals surface area contributed by atoms with Crippen molar-refractivity contribution in [3.8, 4) is 0 Å². The maximum Gasteiger partial charge on any atom is 0.283 e. The van der Waals surface area contributed by atoms with Crippen LogP contribution in [0.15, 0.2) is 25.0 Å². The van der Waals surface area contributed by atoms with Gasteiger partial charge >= 0.3 is 0 Å². The van der Waals surface area contributed by atoms with Gasteiger partial charge in [0.05, 0.1) is 6.21 Å². The van der Waals surface area contributed by atoms with E-state index in [4.69, 9.17) is 5.41 Å². The molecule has 0 aromatic carbocycles. The van der Waals surface area contributed by atoms with Crippen molar-refractivity contribution in [2.45, 2.75) is 0 Å². The molecule has 0 saturated carbocycles. The van der Waals surface area contributed by atoms with Gasteiger partial charge in [0.1, 0.15) is 4.91 Å². The first-order valence-corrected chi connectivity index (χ1v) is 5.62. The lowest BCUT2D eigenvalue weighted by Crippen LogP contribution is -1.95. The quantitative estimate of drug-likeness (QED) is 0.615. The van der Waals surface area contributed by atoms with Gasteiger partial charge < -0.3 is 5.41 Å². The highest BCUT2D eigenvalue weighted by molar-refractivity contribution is 14.1. The van der Waals surface area contributed by atoms with Gasteiger partial charge in [0.15, 0.2) is 0 Å². The summed E-state index contributed by atoms with van der Waals surface area (Å²) < 4.78 is 27.1. The predicted octanol–water partition coefficient (Wildman–Crippen LogP) is 1.25. The Morgan fingerprint density at radius 1 is 1.58 bits per heavy atom. The van der Waals surface area contributed by atoms with Gasteiger partial charge in [-0.1, -0.05) is 22.6 Å². The lowest BCUT2D eigenvalue weighted by atomic mass is 10.3. The first-order chi connectivity index (χ1) is 5.61. The van der Waals surface area contributed by atoms with E-state index in [0.29, 0.717) is 5.57 Å². The van der Waals surface area contributed by atoms with Crippen LogP contribution in [0.25, 0.3) is 0 Å². The van der Waals surface area contributed by atoms with E-state index in [9.17, 15) is 8.42 Å². The molecule has 0 aliphatic carbocycles. The molecule has 0 saturated heterocycles. The molecule has 0 fully saturated rings. The monoisotopic (exact) mass is 296 g/mol. The van der Waals surface area contributed by atoms with Crippen LogP contribution in [0.2, 0.25) is 0 Å². The molecular weight excluding hydrogens is 291 g/mol. The van der Waals surface area contributed by atoms with Crippen LogP contribution in [0, 0.1) is 5.41 Å². The molecule has 6 heteroatoms. The molecular formula is C6H5IN2O2S. The number of hydrogen-bond donors (Lipinski definition) is 1. The van der Waals surface area contributed by atoms with Crippen LogP contribution in [-0.2, 0) is 10.0 Å². The largest absolute Gasteiger partial charge is 0.308 e. The zero-order valence-electron chi connectivity index (χ0n) is 5.86. The second-order valence-electron chi connectivity index (χ2n) is 1.97. The van der Waals surface area contributed by atoms with Crippen molar-refractivity contribution >= 4 is 45.0 Å². The van der Waals surface area contributed by atoms with Crippen molar-refractivity contribution in [1.29, 1.82) is 5.41 Å². The lowest BCUT2D eigenvalue weighted by Gasteiger charge is -1.92. The standard InChI is InChI=1S/C6H5IN2O2S/c7-2-1-6-5(3-8)4-9-12(6,10)11/h1-4,8H/b2-1-,8-3?. The summed E-state index contributed by atoms with van der Waals surface area (Å²) in [6.45, 7) is 0. The average Bonchev–Trinajstić information content (AvgIpc) is 2.29. The molecule has 0 aromatic rings. The maximum atomic E-state index is 11.1. The van der Waals surface area contributed by atoms with Crippen LogP contribution in [0.4, 0.5) is 0 Å². The third-order valence-corrected chi connectivity index (χ3v) is 2.93. The molecule has 12 heavy (non-hydrogen) atoms. The van der Waals surface area contributed by atoms with Crippen molar-refractivity contribution in [2.75, 3.05) is 0 Å². The Hall–Kier alpha value is -0.500. The van der Waals surface area contributed by atoms with Crippen molar-refractivity contribution in [1.82, 2.24) is 0 Å². The summed E-state index contributed by atoms with van der Waals surface area (Å²) in [7, 11) is -3.50. The smallest absolute Gasteiger partial charge is 0.283 e. The van der Waals surface area contributed by atoms with Gasteiger partial charge in [0.25, 0.3) is 10.0 Å². The topological polar surface area (TPSA) is 70.3 Å². The van der Waals surface area contributed by atoms with Crippen LogP contribution < -0.4 is 0 Å². The zero-order chi connectivity index (χ0) is 9.19. The Morgan fingerprint density at radius 3 is 2.75 bits per heavy atom. The molecule has 0 radical (unpaired) electrons. The van der Waals surface area contributed by atoms with E-state index >= 15 is 0 Å². The van der Waals surface area contributed by atoms with E-state index in [2.05, 4.69) is 4.40 Å². The zero-order valence-corrected chi connectivity index (χ0v) is 8.83. The van der Waals surface area contributed by atoms with Crippen molar-refractivity contribution in [3.63, 3.8) is 0 Å². The van der Waals surface area contributed by atoms with E-state index in [1.54, 1.807) is 4.08 Å². The van der Waals surface area contributed by atoms with Crippen LogP contribution in [0.5, 0.6) is 0 Å². The van der Waals surface area contributed by atoms with E-state index < -0.39 is 10.0 Å². The molecule has 0 aromatic heterocycles. The minimum absolute atomic E-state index is 0.0897. The van der Waals surface area contributed by atoms with Gasteiger partial charge in [-0.05, 0) is 10.2 Å². The molecule has 0 spiro atoms. The SMILES string of the molecule is N=CC1=C(/C=C\I)S(=O)(=O)N=C1. The van der Waals surface area contributed by atoms with Crippen LogP contribution >= 0.6 is 22.6 Å². The first kappa shape index (κ1) is 9.59. The summed E-state index contributed by atoms with van der Waals surface area (Å²) in [5, 5.41) is 6.91. The van der Waals surface area contributed by atoms with Crippen molar-refractivity contribution in [2.24, 2.45) is 4.40 Å².